The monoisotopic (exact) mass is 385 g/mol. The van der Waals surface area contributed by atoms with Crippen molar-refractivity contribution in [1.82, 2.24) is 4.90 Å². The summed E-state index contributed by atoms with van der Waals surface area (Å²) < 4.78 is 6.13. The minimum atomic E-state index is 0.0196. The molecule has 1 amide bonds. The number of halogens is 1. The highest BCUT2D eigenvalue weighted by atomic mass is 79.9. The summed E-state index contributed by atoms with van der Waals surface area (Å²) in [6.07, 6.45) is 0. The molecule has 5 nitrogen and oxygen atoms in total. The van der Waals surface area contributed by atoms with Crippen LogP contribution in [0.15, 0.2) is 46.9 Å². The summed E-state index contributed by atoms with van der Waals surface area (Å²) in [5.41, 5.74) is 2.76. The van der Waals surface area contributed by atoms with Gasteiger partial charge in [0.1, 0.15) is 6.07 Å². The first-order valence-electron chi connectivity index (χ1n) is 7.61. The summed E-state index contributed by atoms with van der Waals surface area (Å²) >= 11 is 3.36. The first-order chi connectivity index (χ1) is 11.7. The fourth-order valence-corrected chi connectivity index (χ4v) is 2.88. The van der Waals surface area contributed by atoms with Crippen molar-refractivity contribution in [3.05, 3.63) is 58.1 Å². The fourth-order valence-electron chi connectivity index (χ4n) is 2.52. The van der Waals surface area contributed by atoms with E-state index in [4.69, 9.17) is 4.74 Å². The van der Waals surface area contributed by atoms with Crippen LogP contribution in [-0.4, -0.2) is 37.1 Å². The van der Waals surface area contributed by atoms with E-state index in [9.17, 15) is 10.1 Å². The molecule has 1 aliphatic heterocycles. The Kier molecular flexibility index (Phi) is 5.14. The van der Waals surface area contributed by atoms with Crippen molar-refractivity contribution >= 4 is 33.2 Å². The molecule has 24 heavy (non-hydrogen) atoms. The van der Waals surface area contributed by atoms with Gasteiger partial charge < -0.3 is 15.0 Å². The van der Waals surface area contributed by atoms with E-state index in [0.29, 0.717) is 37.4 Å². The molecule has 0 radical (unpaired) electrons. The molecule has 3 rings (SSSR count). The second kappa shape index (κ2) is 7.47. The van der Waals surface area contributed by atoms with Crippen LogP contribution in [0, 0.1) is 11.3 Å². The predicted octanol–water partition coefficient (Wildman–Crippen LogP) is 3.54. The van der Waals surface area contributed by atoms with Gasteiger partial charge >= 0.3 is 0 Å². The lowest BCUT2D eigenvalue weighted by molar-refractivity contribution is 0.0303. The number of hydrogen-bond donors (Lipinski definition) is 1. The van der Waals surface area contributed by atoms with Crippen molar-refractivity contribution in [2.24, 2.45) is 0 Å². The van der Waals surface area contributed by atoms with Crippen molar-refractivity contribution in [3.63, 3.8) is 0 Å². The number of nitrogens with zero attached hydrogens (tertiary/aromatic N) is 2. The number of benzene rings is 2. The molecule has 122 valence electrons. The molecule has 2 aromatic carbocycles. The molecule has 1 aliphatic rings. The highest BCUT2D eigenvalue weighted by molar-refractivity contribution is 9.10. The van der Waals surface area contributed by atoms with E-state index in [1.165, 1.54) is 0 Å². The molecule has 6 heteroatoms. The minimum absolute atomic E-state index is 0.0196. The van der Waals surface area contributed by atoms with E-state index in [1.807, 2.05) is 24.3 Å². The number of hydrogen-bond acceptors (Lipinski definition) is 4. The summed E-state index contributed by atoms with van der Waals surface area (Å²) in [4.78, 5) is 14.2. The summed E-state index contributed by atoms with van der Waals surface area (Å²) in [5, 5.41) is 12.4. The summed E-state index contributed by atoms with van der Waals surface area (Å²) in [6.45, 7) is 2.43. The predicted molar refractivity (Wildman–Crippen MR) is 95.3 cm³/mol. The topological polar surface area (TPSA) is 65.4 Å². The van der Waals surface area contributed by atoms with Crippen LogP contribution in [0.2, 0.25) is 0 Å². The van der Waals surface area contributed by atoms with Crippen LogP contribution >= 0.6 is 15.9 Å². The van der Waals surface area contributed by atoms with Crippen molar-refractivity contribution in [2.75, 3.05) is 31.6 Å². The summed E-state index contributed by atoms with van der Waals surface area (Å²) in [6, 6.07) is 14.9. The Hall–Kier alpha value is -2.36. The maximum atomic E-state index is 12.4. The third kappa shape index (κ3) is 3.75. The molecule has 0 unspecified atom stereocenters. The fraction of sp³-hybridized carbons (Fsp3) is 0.222. The molecule has 0 atom stereocenters. The molecular formula is C18H16BrN3O2. The molecule has 2 aromatic rings. The van der Waals surface area contributed by atoms with Gasteiger partial charge in [0.05, 0.1) is 24.5 Å². The molecule has 0 aliphatic carbocycles. The van der Waals surface area contributed by atoms with Gasteiger partial charge in [-0.2, -0.15) is 5.26 Å². The lowest BCUT2D eigenvalue weighted by atomic mass is 10.1. The van der Waals surface area contributed by atoms with E-state index in [1.54, 1.807) is 23.1 Å². The number of morpholine rings is 1. The summed E-state index contributed by atoms with van der Waals surface area (Å²) in [7, 11) is 0. The molecule has 1 saturated heterocycles. The van der Waals surface area contributed by atoms with E-state index in [2.05, 4.69) is 27.3 Å². The van der Waals surface area contributed by atoms with Gasteiger partial charge in [0.15, 0.2) is 0 Å². The molecular weight excluding hydrogens is 370 g/mol. The van der Waals surface area contributed by atoms with Gasteiger partial charge in [-0.05, 0) is 42.5 Å². The largest absolute Gasteiger partial charge is 0.378 e. The van der Waals surface area contributed by atoms with E-state index < -0.39 is 0 Å². The normalized spacial score (nSPS) is 14.1. The Labute approximate surface area is 149 Å². The second-order valence-corrected chi connectivity index (χ2v) is 6.32. The highest BCUT2D eigenvalue weighted by Gasteiger charge is 2.18. The maximum Gasteiger partial charge on any atom is 0.254 e. The zero-order valence-corrected chi connectivity index (χ0v) is 14.5. The lowest BCUT2D eigenvalue weighted by Gasteiger charge is -2.26. The Bertz CT molecular complexity index is 778. The number of anilines is 2. The maximum absolute atomic E-state index is 12.4. The quantitative estimate of drug-likeness (QED) is 0.877. The second-order valence-electron chi connectivity index (χ2n) is 5.41. The minimum Gasteiger partial charge on any atom is -0.378 e. The molecule has 0 spiro atoms. The van der Waals surface area contributed by atoms with Crippen LogP contribution in [0.25, 0.3) is 0 Å². The van der Waals surface area contributed by atoms with Gasteiger partial charge in [-0.15, -0.1) is 0 Å². The van der Waals surface area contributed by atoms with Crippen molar-refractivity contribution in [2.45, 2.75) is 0 Å². The van der Waals surface area contributed by atoms with Crippen LogP contribution in [0.1, 0.15) is 15.9 Å². The van der Waals surface area contributed by atoms with Crippen LogP contribution in [0.3, 0.4) is 0 Å². The molecule has 1 heterocycles. The third-order valence-electron chi connectivity index (χ3n) is 3.81. The SMILES string of the molecule is N#Cc1cc(Br)ccc1Nc1ccc(C(=O)N2CCOCC2)cc1. The smallest absolute Gasteiger partial charge is 0.254 e. The molecule has 1 N–H and O–H groups in total. The standard InChI is InChI=1S/C18H16BrN3O2/c19-15-3-6-17(14(11-15)12-20)21-16-4-1-13(2-5-16)18(23)22-7-9-24-10-8-22/h1-6,11,21H,7-10H2. The molecule has 0 aromatic heterocycles. The van der Waals surface area contributed by atoms with E-state index >= 15 is 0 Å². The van der Waals surface area contributed by atoms with Gasteiger partial charge in [0.25, 0.3) is 5.91 Å². The van der Waals surface area contributed by atoms with Gasteiger partial charge in [0.2, 0.25) is 0 Å². The summed E-state index contributed by atoms with van der Waals surface area (Å²) in [5.74, 6) is 0.0196. The van der Waals surface area contributed by atoms with Crippen LogP contribution in [-0.2, 0) is 4.74 Å². The third-order valence-corrected chi connectivity index (χ3v) is 4.30. The Morgan fingerprint density at radius 1 is 1.17 bits per heavy atom. The zero-order valence-electron chi connectivity index (χ0n) is 13.0. The Balaban J connectivity index is 1.73. The van der Waals surface area contributed by atoms with Gasteiger partial charge in [0, 0.05) is 28.8 Å². The number of nitrogens with one attached hydrogen (secondary N) is 1. The highest BCUT2D eigenvalue weighted by Crippen LogP contribution is 2.24. The lowest BCUT2D eigenvalue weighted by Crippen LogP contribution is -2.40. The van der Waals surface area contributed by atoms with Crippen LogP contribution < -0.4 is 5.32 Å². The van der Waals surface area contributed by atoms with Crippen molar-refractivity contribution in [3.8, 4) is 6.07 Å². The molecule has 0 saturated carbocycles. The van der Waals surface area contributed by atoms with Gasteiger partial charge in [-0.3, -0.25) is 4.79 Å². The molecule has 1 fully saturated rings. The number of carbonyl (C=O) groups is 1. The average molecular weight is 386 g/mol. The van der Waals surface area contributed by atoms with Gasteiger partial charge in [-0.1, -0.05) is 15.9 Å². The number of nitriles is 1. The van der Waals surface area contributed by atoms with E-state index in [0.717, 1.165) is 15.8 Å². The van der Waals surface area contributed by atoms with Crippen LogP contribution in [0.4, 0.5) is 11.4 Å². The average Bonchev–Trinajstić information content (AvgIpc) is 2.64. The zero-order chi connectivity index (χ0) is 16.9. The number of rotatable bonds is 3. The first kappa shape index (κ1) is 16.5. The number of ether oxygens (including phenoxy) is 1. The number of amides is 1. The molecule has 0 bridgehead atoms. The first-order valence-corrected chi connectivity index (χ1v) is 8.40. The van der Waals surface area contributed by atoms with Crippen molar-refractivity contribution < 1.29 is 9.53 Å². The van der Waals surface area contributed by atoms with Gasteiger partial charge in [-0.25, -0.2) is 0 Å². The Morgan fingerprint density at radius 3 is 2.54 bits per heavy atom. The van der Waals surface area contributed by atoms with Crippen molar-refractivity contribution in [1.29, 1.82) is 5.26 Å². The Morgan fingerprint density at radius 2 is 1.88 bits per heavy atom. The van der Waals surface area contributed by atoms with Crippen LogP contribution in [0.5, 0.6) is 0 Å². The van der Waals surface area contributed by atoms with E-state index in [-0.39, 0.29) is 5.91 Å². The number of carbonyl (C=O) groups excluding carboxylic acids is 1.